The molecule has 2 aliphatic rings. The van der Waals surface area contributed by atoms with E-state index in [1.54, 1.807) is 30.3 Å². The molecule has 33 heavy (non-hydrogen) atoms. The van der Waals surface area contributed by atoms with E-state index >= 15 is 0 Å². The topological polar surface area (TPSA) is 97.0 Å². The summed E-state index contributed by atoms with van der Waals surface area (Å²) in [5, 5.41) is 5.26. The van der Waals surface area contributed by atoms with Gasteiger partial charge in [-0.3, -0.25) is 19.3 Å². The van der Waals surface area contributed by atoms with Gasteiger partial charge in [-0.15, -0.1) is 0 Å². The van der Waals surface area contributed by atoms with Gasteiger partial charge in [-0.2, -0.15) is 0 Å². The number of anilines is 1. The van der Waals surface area contributed by atoms with Crippen molar-refractivity contribution in [3.63, 3.8) is 0 Å². The standard InChI is InChI=1S/C23H21N3O5S2/c1-13-3-5-16(7-14(13)2)25-20(27)10-24-21(28)11-26-22(29)19(33-23(26)32)9-15-4-6-17-18(8-15)31-12-30-17/h3-9H,10-12H2,1-2H3,(H,24,28)(H,25,27). The van der Waals surface area contributed by atoms with E-state index in [4.69, 9.17) is 21.7 Å². The van der Waals surface area contributed by atoms with Crippen molar-refractivity contribution in [1.29, 1.82) is 0 Å². The quantitative estimate of drug-likeness (QED) is 0.482. The van der Waals surface area contributed by atoms with Crippen molar-refractivity contribution in [3.05, 3.63) is 58.0 Å². The molecule has 4 rings (SSSR count). The van der Waals surface area contributed by atoms with Crippen molar-refractivity contribution in [3.8, 4) is 11.5 Å². The Hall–Kier alpha value is -3.37. The third-order valence-electron chi connectivity index (χ3n) is 5.11. The molecule has 8 nitrogen and oxygen atoms in total. The second kappa shape index (κ2) is 9.63. The van der Waals surface area contributed by atoms with E-state index in [0.717, 1.165) is 28.5 Å². The normalized spacial score (nSPS) is 15.8. The summed E-state index contributed by atoms with van der Waals surface area (Å²) < 4.78 is 10.9. The first-order valence-corrected chi connectivity index (χ1v) is 11.3. The lowest BCUT2D eigenvalue weighted by molar-refractivity contribution is -0.129. The zero-order valence-corrected chi connectivity index (χ0v) is 19.6. The van der Waals surface area contributed by atoms with Crippen molar-refractivity contribution < 1.29 is 23.9 Å². The van der Waals surface area contributed by atoms with Crippen LogP contribution in [-0.4, -0.2) is 46.8 Å². The molecule has 0 atom stereocenters. The highest BCUT2D eigenvalue weighted by Crippen LogP contribution is 2.36. The van der Waals surface area contributed by atoms with E-state index in [2.05, 4.69) is 10.6 Å². The second-order valence-electron chi connectivity index (χ2n) is 7.50. The summed E-state index contributed by atoms with van der Waals surface area (Å²) >= 11 is 6.40. The van der Waals surface area contributed by atoms with E-state index < -0.39 is 5.91 Å². The molecule has 2 heterocycles. The molecule has 3 amide bonds. The molecule has 2 aromatic carbocycles. The number of fused-ring (bicyclic) bond motifs is 1. The van der Waals surface area contributed by atoms with E-state index in [1.807, 2.05) is 26.0 Å². The number of nitrogens with zero attached hydrogens (tertiary/aromatic N) is 1. The smallest absolute Gasteiger partial charge is 0.266 e. The summed E-state index contributed by atoms with van der Waals surface area (Å²) in [5.74, 6) is 0.0542. The summed E-state index contributed by atoms with van der Waals surface area (Å²) in [7, 11) is 0. The van der Waals surface area contributed by atoms with Gasteiger partial charge < -0.3 is 20.1 Å². The molecule has 0 spiro atoms. The lowest BCUT2D eigenvalue weighted by Crippen LogP contribution is -2.42. The number of thiocarbonyl (C=S) groups is 1. The number of rotatable bonds is 6. The van der Waals surface area contributed by atoms with Crippen molar-refractivity contribution in [2.75, 3.05) is 25.2 Å². The van der Waals surface area contributed by atoms with Crippen LogP contribution in [0, 0.1) is 13.8 Å². The Labute approximate surface area is 200 Å². The van der Waals surface area contributed by atoms with E-state index in [-0.39, 0.29) is 36.0 Å². The maximum absolute atomic E-state index is 12.8. The summed E-state index contributed by atoms with van der Waals surface area (Å²) in [4.78, 5) is 38.9. The fraction of sp³-hybridized carbons (Fsp3) is 0.217. The number of benzene rings is 2. The zero-order valence-electron chi connectivity index (χ0n) is 18.0. The molecule has 0 radical (unpaired) electrons. The van der Waals surface area contributed by atoms with Gasteiger partial charge in [0.15, 0.2) is 11.5 Å². The first kappa shape index (κ1) is 22.8. The molecule has 0 aromatic heterocycles. The largest absolute Gasteiger partial charge is 0.454 e. The molecule has 170 valence electrons. The van der Waals surface area contributed by atoms with Crippen LogP contribution >= 0.6 is 24.0 Å². The van der Waals surface area contributed by atoms with Crippen LogP contribution < -0.4 is 20.1 Å². The van der Waals surface area contributed by atoms with Crippen LogP contribution in [0.25, 0.3) is 6.08 Å². The van der Waals surface area contributed by atoms with Gasteiger partial charge in [0.25, 0.3) is 5.91 Å². The fourth-order valence-corrected chi connectivity index (χ4v) is 4.45. The summed E-state index contributed by atoms with van der Waals surface area (Å²) in [6.07, 6.45) is 1.69. The Balaban J connectivity index is 1.31. The Morgan fingerprint density at radius 2 is 1.88 bits per heavy atom. The Bertz CT molecular complexity index is 1190. The van der Waals surface area contributed by atoms with Gasteiger partial charge in [0, 0.05) is 5.69 Å². The first-order valence-electron chi connectivity index (χ1n) is 10.1. The number of carbonyl (C=O) groups is 3. The molecule has 0 aliphatic carbocycles. The van der Waals surface area contributed by atoms with Gasteiger partial charge in [0.1, 0.15) is 10.9 Å². The lowest BCUT2D eigenvalue weighted by atomic mass is 10.1. The number of carbonyl (C=O) groups excluding carboxylic acids is 3. The van der Waals surface area contributed by atoms with Gasteiger partial charge >= 0.3 is 0 Å². The van der Waals surface area contributed by atoms with Crippen LogP contribution in [0.3, 0.4) is 0 Å². The monoisotopic (exact) mass is 483 g/mol. The molecule has 1 saturated heterocycles. The Morgan fingerprint density at radius 1 is 1.09 bits per heavy atom. The Morgan fingerprint density at radius 3 is 2.67 bits per heavy atom. The molecule has 2 N–H and O–H groups in total. The zero-order chi connectivity index (χ0) is 23.5. The van der Waals surface area contributed by atoms with Crippen molar-refractivity contribution in [2.24, 2.45) is 0 Å². The van der Waals surface area contributed by atoms with Crippen LogP contribution in [0.15, 0.2) is 41.3 Å². The van der Waals surface area contributed by atoms with Crippen molar-refractivity contribution >= 4 is 57.8 Å². The minimum absolute atomic E-state index is 0.165. The number of amides is 3. The minimum atomic E-state index is -0.481. The molecular formula is C23H21N3O5S2. The van der Waals surface area contributed by atoms with Crippen LogP contribution in [0.4, 0.5) is 5.69 Å². The molecule has 0 bridgehead atoms. The van der Waals surface area contributed by atoms with Gasteiger partial charge in [0.05, 0.1) is 11.4 Å². The minimum Gasteiger partial charge on any atom is -0.454 e. The average Bonchev–Trinajstić information content (AvgIpc) is 3.34. The molecule has 0 saturated carbocycles. The highest BCUT2D eigenvalue weighted by Gasteiger charge is 2.33. The Kier molecular flexibility index (Phi) is 6.66. The third-order valence-corrected chi connectivity index (χ3v) is 6.48. The first-order chi connectivity index (χ1) is 15.8. The molecule has 1 fully saturated rings. The second-order valence-corrected chi connectivity index (χ2v) is 9.18. The summed E-state index contributed by atoms with van der Waals surface area (Å²) in [5.41, 5.74) is 3.59. The maximum atomic E-state index is 12.8. The van der Waals surface area contributed by atoms with Gasteiger partial charge in [-0.05, 0) is 60.9 Å². The van der Waals surface area contributed by atoms with Crippen LogP contribution in [0.5, 0.6) is 11.5 Å². The van der Waals surface area contributed by atoms with Crippen molar-refractivity contribution in [2.45, 2.75) is 13.8 Å². The SMILES string of the molecule is Cc1ccc(NC(=O)CNC(=O)CN2C(=O)C(=Cc3ccc4c(c3)OCO4)SC2=S)cc1C. The summed E-state index contributed by atoms with van der Waals surface area (Å²) in [6, 6.07) is 10.9. The fourth-order valence-electron chi connectivity index (χ4n) is 3.19. The number of ether oxygens (including phenoxy) is 2. The number of hydrogen-bond donors (Lipinski definition) is 2. The number of nitrogens with one attached hydrogen (secondary N) is 2. The third kappa shape index (κ3) is 5.35. The molecule has 2 aliphatic heterocycles. The molecule has 0 unspecified atom stereocenters. The van der Waals surface area contributed by atoms with Crippen LogP contribution in [0.2, 0.25) is 0 Å². The highest BCUT2D eigenvalue weighted by atomic mass is 32.2. The van der Waals surface area contributed by atoms with Crippen molar-refractivity contribution in [1.82, 2.24) is 10.2 Å². The number of hydrogen-bond acceptors (Lipinski definition) is 7. The molecule has 10 heteroatoms. The number of aryl methyl sites for hydroxylation is 2. The summed E-state index contributed by atoms with van der Waals surface area (Å²) in [6.45, 7) is 3.63. The van der Waals surface area contributed by atoms with Gasteiger partial charge in [0.2, 0.25) is 18.6 Å². The maximum Gasteiger partial charge on any atom is 0.266 e. The lowest BCUT2D eigenvalue weighted by Gasteiger charge is -2.14. The van der Waals surface area contributed by atoms with Gasteiger partial charge in [-0.25, -0.2) is 0 Å². The predicted octanol–water partition coefficient (Wildman–Crippen LogP) is 2.99. The van der Waals surface area contributed by atoms with E-state index in [9.17, 15) is 14.4 Å². The van der Waals surface area contributed by atoms with Gasteiger partial charge in [-0.1, -0.05) is 36.1 Å². The molecule has 2 aromatic rings. The predicted molar refractivity (Wildman–Crippen MR) is 130 cm³/mol. The van der Waals surface area contributed by atoms with Crippen LogP contribution in [-0.2, 0) is 14.4 Å². The highest BCUT2D eigenvalue weighted by molar-refractivity contribution is 8.26. The molecular weight excluding hydrogens is 462 g/mol. The van der Waals surface area contributed by atoms with E-state index in [1.165, 1.54) is 4.90 Å². The van der Waals surface area contributed by atoms with E-state index in [0.29, 0.717) is 22.1 Å². The van der Waals surface area contributed by atoms with Crippen LogP contribution in [0.1, 0.15) is 16.7 Å². The number of thioether (sulfide) groups is 1. The average molecular weight is 484 g/mol.